The van der Waals surface area contributed by atoms with E-state index in [1.54, 1.807) is 50.3 Å². The van der Waals surface area contributed by atoms with Gasteiger partial charge in [0.05, 0.1) is 16.9 Å². The predicted octanol–water partition coefficient (Wildman–Crippen LogP) is 3.22. The predicted molar refractivity (Wildman–Crippen MR) is 127 cm³/mol. The van der Waals surface area contributed by atoms with Gasteiger partial charge in [-0.3, -0.25) is 9.59 Å². The van der Waals surface area contributed by atoms with Crippen LogP contribution in [0.1, 0.15) is 48.3 Å². The third kappa shape index (κ3) is 5.54. The average Bonchev–Trinajstić information content (AvgIpc) is 3.50. The summed E-state index contributed by atoms with van der Waals surface area (Å²) < 4.78 is 14.8. The number of primary amides is 1. The van der Waals surface area contributed by atoms with Crippen LogP contribution >= 0.6 is 11.8 Å². The number of carbonyl (C=O) groups excluding carboxylic acids is 2. The van der Waals surface area contributed by atoms with E-state index in [1.165, 1.54) is 17.8 Å². The Labute approximate surface area is 196 Å². The minimum atomic E-state index is -1.17. The number of hydrogen-bond acceptors (Lipinski definition) is 6. The first kappa shape index (κ1) is 23.3. The average molecular weight is 471 g/mol. The van der Waals surface area contributed by atoms with Crippen LogP contribution in [0.2, 0.25) is 0 Å². The van der Waals surface area contributed by atoms with E-state index in [0.717, 1.165) is 12.8 Å². The zero-order valence-electron chi connectivity index (χ0n) is 18.5. The van der Waals surface area contributed by atoms with Crippen LogP contribution in [0, 0.1) is 17.7 Å². The fourth-order valence-corrected chi connectivity index (χ4v) is 4.87. The second kappa shape index (κ2) is 9.15. The molecule has 0 spiro atoms. The number of halogens is 1. The lowest BCUT2D eigenvalue weighted by atomic mass is 9.96. The van der Waals surface area contributed by atoms with Gasteiger partial charge < -0.3 is 21.5 Å². The fraction of sp³-hybridized carbons (Fsp3) is 0.375. The number of nitrogens with one attached hydrogen (secondary N) is 2. The molecular weight excluding hydrogens is 443 g/mol. The molecule has 0 saturated heterocycles. The number of nitrogens with two attached hydrogens (primary N) is 1. The van der Waals surface area contributed by atoms with Crippen molar-refractivity contribution in [3.8, 4) is 0 Å². The number of aliphatic hydroxyl groups is 1. The Morgan fingerprint density at radius 1 is 1.27 bits per heavy atom. The van der Waals surface area contributed by atoms with Crippen molar-refractivity contribution in [2.75, 3.05) is 11.9 Å². The first-order chi connectivity index (χ1) is 15.6. The van der Waals surface area contributed by atoms with E-state index in [1.807, 2.05) is 0 Å². The molecule has 1 aromatic heterocycles. The second-order valence-electron chi connectivity index (χ2n) is 8.96. The summed E-state index contributed by atoms with van der Waals surface area (Å²) in [6.45, 7) is 3.81. The molecule has 9 heteroatoms. The number of hydrogen-bond donors (Lipinski definition) is 4. The molecule has 1 aromatic carbocycles. The number of amides is 2. The number of thioether (sulfide) groups is 1. The van der Waals surface area contributed by atoms with Crippen LogP contribution in [0.15, 0.2) is 42.5 Å². The second-order valence-corrected chi connectivity index (χ2v) is 10.1. The highest BCUT2D eigenvalue weighted by Gasteiger charge is 2.34. The van der Waals surface area contributed by atoms with Crippen molar-refractivity contribution in [1.29, 1.82) is 0 Å². The van der Waals surface area contributed by atoms with Gasteiger partial charge in [0.25, 0.3) is 5.91 Å². The Balaban J connectivity index is 1.50. The molecule has 2 heterocycles. The summed E-state index contributed by atoms with van der Waals surface area (Å²) in [5.74, 6) is -1.02. The van der Waals surface area contributed by atoms with Crippen LogP contribution in [-0.2, 0) is 10.4 Å². The summed E-state index contributed by atoms with van der Waals surface area (Å²) in [5, 5.41) is 15.6. The number of pyridine rings is 1. The molecule has 7 nitrogen and oxygen atoms in total. The smallest absolute Gasteiger partial charge is 0.269 e. The lowest BCUT2D eigenvalue weighted by Crippen LogP contribution is -2.33. The van der Waals surface area contributed by atoms with E-state index in [4.69, 9.17) is 5.73 Å². The van der Waals surface area contributed by atoms with Crippen molar-refractivity contribution in [2.45, 2.75) is 37.7 Å². The van der Waals surface area contributed by atoms with Gasteiger partial charge in [0.1, 0.15) is 17.3 Å². The van der Waals surface area contributed by atoms with Crippen LogP contribution < -0.4 is 16.4 Å². The molecule has 33 heavy (non-hydrogen) atoms. The third-order valence-electron chi connectivity index (χ3n) is 5.70. The molecule has 2 aliphatic rings. The van der Waals surface area contributed by atoms with Crippen LogP contribution in [0.25, 0.3) is 4.91 Å². The quantitative estimate of drug-likeness (QED) is 0.471. The van der Waals surface area contributed by atoms with Gasteiger partial charge in [0, 0.05) is 17.0 Å². The van der Waals surface area contributed by atoms with E-state index in [-0.39, 0.29) is 11.6 Å². The molecule has 1 saturated carbocycles. The van der Waals surface area contributed by atoms with Gasteiger partial charge in [-0.05, 0) is 56.4 Å². The molecule has 1 aliphatic heterocycles. The highest BCUT2D eigenvalue weighted by Crippen LogP contribution is 2.43. The van der Waals surface area contributed by atoms with Gasteiger partial charge >= 0.3 is 0 Å². The topological polar surface area (TPSA) is 117 Å². The number of rotatable bonds is 8. The monoisotopic (exact) mass is 470 g/mol. The standard InChI is InChI=1S/C24H27FN4O3S/c1-24(2,32)14-8-9-15(17(25)10-14)19-11-16(21(26)30)23(33-19)29-20-5-3-4-18(28-20)22(31)27-12-13-6-7-13/h3-5,8-11,13,16,23,32H,6-7,12H2,1-2H3,(H2,26,30)(H,27,31)(H,28,29). The fourth-order valence-electron chi connectivity index (χ4n) is 3.54. The highest BCUT2D eigenvalue weighted by molar-refractivity contribution is 8.09. The number of nitrogens with zero attached hydrogens (tertiary/aromatic N) is 1. The first-order valence-corrected chi connectivity index (χ1v) is 11.7. The van der Waals surface area contributed by atoms with E-state index in [2.05, 4.69) is 15.6 Å². The first-order valence-electron chi connectivity index (χ1n) is 10.8. The molecule has 1 fully saturated rings. The van der Waals surface area contributed by atoms with Crippen molar-refractivity contribution < 1.29 is 19.1 Å². The van der Waals surface area contributed by atoms with Gasteiger partial charge in [0.2, 0.25) is 5.91 Å². The zero-order chi connectivity index (χ0) is 23.8. The Hall–Kier alpha value is -2.91. The summed E-state index contributed by atoms with van der Waals surface area (Å²) in [6.07, 6.45) is 3.91. The van der Waals surface area contributed by atoms with E-state index in [0.29, 0.717) is 34.3 Å². The van der Waals surface area contributed by atoms with E-state index >= 15 is 0 Å². The summed E-state index contributed by atoms with van der Waals surface area (Å²) >= 11 is 1.27. The molecule has 1 aliphatic carbocycles. The minimum Gasteiger partial charge on any atom is -0.386 e. The number of benzene rings is 1. The van der Waals surface area contributed by atoms with Gasteiger partial charge in [0.15, 0.2) is 0 Å². The Bertz CT molecular complexity index is 1110. The van der Waals surface area contributed by atoms with Crippen molar-refractivity contribution in [2.24, 2.45) is 17.6 Å². The molecule has 0 radical (unpaired) electrons. The normalized spacial score (nSPS) is 20.3. The SMILES string of the molecule is CC(C)(O)c1ccc(C2=CC(C(N)=O)C(Nc3cccc(C(=O)NCC4CC4)n3)S2)c(F)c1. The molecule has 2 aromatic rings. The number of carbonyl (C=O) groups is 2. The van der Waals surface area contributed by atoms with Crippen LogP contribution in [0.3, 0.4) is 0 Å². The summed E-state index contributed by atoms with van der Waals surface area (Å²) in [6, 6.07) is 9.58. The van der Waals surface area contributed by atoms with Gasteiger partial charge in [-0.25, -0.2) is 9.37 Å². The van der Waals surface area contributed by atoms with E-state index in [9.17, 15) is 19.1 Å². The Kier molecular flexibility index (Phi) is 6.45. The number of anilines is 1. The van der Waals surface area contributed by atoms with Gasteiger partial charge in [-0.2, -0.15) is 0 Å². The molecule has 5 N–H and O–H groups in total. The Morgan fingerprint density at radius 2 is 2.03 bits per heavy atom. The molecule has 174 valence electrons. The Morgan fingerprint density at radius 3 is 2.67 bits per heavy atom. The summed E-state index contributed by atoms with van der Waals surface area (Å²) in [5.41, 5.74) is 5.49. The van der Waals surface area contributed by atoms with Gasteiger partial charge in [-0.15, -0.1) is 0 Å². The van der Waals surface area contributed by atoms with Gasteiger partial charge in [-0.1, -0.05) is 36.0 Å². The maximum Gasteiger partial charge on any atom is 0.269 e. The highest BCUT2D eigenvalue weighted by atomic mass is 32.2. The molecule has 2 amide bonds. The maximum absolute atomic E-state index is 14.8. The molecular formula is C24H27FN4O3S. The molecule has 2 atom stereocenters. The van der Waals surface area contributed by atoms with E-state index < -0.39 is 28.6 Å². The maximum atomic E-state index is 14.8. The van der Waals surface area contributed by atoms with Crippen molar-refractivity contribution in [3.05, 3.63) is 65.1 Å². The largest absolute Gasteiger partial charge is 0.386 e. The molecule has 2 unspecified atom stereocenters. The van der Waals surface area contributed by atoms with Crippen molar-refractivity contribution >= 4 is 34.3 Å². The van der Waals surface area contributed by atoms with Crippen LogP contribution in [0.5, 0.6) is 0 Å². The lowest BCUT2D eigenvalue weighted by molar-refractivity contribution is -0.120. The summed E-state index contributed by atoms with van der Waals surface area (Å²) in [4.78, 5) is 29.4. The van der Waals surface area contributed by atoms with Crippen LogP contribution in [0.4, 0.5) is 10.2 Å². The lowest BCUT2D eigenvalue weighted by Gasteiger charge is -2.20. The third-order valence-corrected chi connectivity index (χ3v) is 6.98. The summed E-state index contributed by atoms with van der Waals surface area (Å²) in [7, 11) is 0. The van der Waals surface area contributed by atoms with Crippen molar-refractivity contribution in [1.82, 2.24) is 10.3 Å². The molecule has 0 bridgehead atoms. The van der Waals surface area contributed by atoms with Crippen molar-refractivity contribution in [3.63, 3.8) is 0 Å². The zero-order valence-corrected chi connectivity index (χ0v) is 19.3. The van der Waals surface area contributed by atoms with Crippen LogP contribution in [-0.4, -0.2) is 33.8 Å². The molecule has 4 rings (SSSR count). The minimum absolute atomic E-state index is 0.246. The number of aromatic nitrogens is 1.